The Kier molecular flexibility index (Phi) is 4.74. The highest BCUT2D eigenvalue weighted by atomic mass is 16.3. The van der Waals surface area contributed by atoms with Crippen LogP contribution in [0.2, 0.25) is 0 Å². The molecule has 2 rings (SSSR count). The third-order valence-electron chi connectivity index (χ3n) is 3.44. The molecule has 1 amide bonds. The molecule has 2 unspecified atom stereocenters. The Labute approximate surface area is 124 Å². The number of hydrogen-bond acceptors (Lipinski definition) is 6. The fourth-order valence-corrected chi connectivity index (χ4v) is 2.24. The van der Waals surface area contributed by atoms with E-state index >= 15 is 0 Å². The topological polar surface area (TPSA) is 98.6 Å². The first-order chi connectivity index (χ1) is 9.93. The van der Waals surface area contributed by atoms with Gasteiger partial charge in [0, 0.05) is 25.6 Å². The number of aromatic nitrogens is 2. The molecule has 7 nitrogen and oxygen atoms in total. The van der Waals surface area contributed by atoms with Crippen molar-refractivity contribution in [3.05, 3.63) is 17.7 Å². The molecule has 0 aliphatic carbocycles. The Morgan fingerprint density at radius 3 is 2.57 bits per heavy atom. The van der Waals surface area contributed by atoms with E-state index in [-0.39, 0.29) is 30.6 Å². The summed E-state index contributed by atoms with van der Waals surface area (Å²) < 4.78 is 0. The number of rotatable bonds is 4. The average molecular weight is 294 g/mol. The van der Waals surface area contributed by atoms with Crippen LogP contribution in [0.25, 0.3) is 0 Å². The number of aliphatic hydroxyl groups is 2. The van der Waals surface area contributed by atoms with Crippen LogP contribution in [0, 0.1) is 0 Å². The average Bonchev–Trinajstić information content (AvgIpc) is 2.78. The quantitative estimate of drug-likeness (QED) is 0.734. The SMILES string of the molecule is CCNc1cnc(C(C)C)nc1C(=O)N1CC(O)C(O)C1. The maximum Gasteiger partial charge on any atom is 0.274 e. The van der Waals surface area contributed by atoms with Crippen LogP contribution in [0.1, 0.15) is 43.0 Å². The van der Waals surface area contributed by atoms with Crippen LogP contribution in [0.15, 0.2) is 6.20 Å². The minimum atomic E-state index is -0.900. The van der Waals surface area contributed by atoms with Crippen LogP contribution in [-0.4, -0.2) is 62.8 Å². The lowest BCUT2D eigenvalue weighted by atomic mass is 10.2. The van der Waals surface area contributed by atoms with Gasteiger partial charge in [-0.1, -0.05) is 13.8 Å². The zero-order chi connectivity index (χ0) is 15.6. The van der Waals surface area contributed by atoms with E-state index in [1.807, 2.05) is 20.8 Å². The standard InChI is InChI=1S/C14H22N4O3/c1-4-15-9-5-16-13(8(2)3)17-12(9)14(21)18-6-10(19)11(20)7-18/h5,8,10-11,15,19-20H,4,6-7H2,1-3H3. The summed E-state index contributed by atoms with van der Waals surface area (Å²) in [5.41, 5.74) is 0.861. The lowest BCUT2D eigenvalue weighted by molar-refractivity contribution is 0.0572. The van der Waals surface area contributed by atoms with Crippen LogP contribution in [0.5, 0.6) is 0 Å². The van der Waals surface area contributed by atoms with Crippen molar-refractivity contribution in [1.29, 1.82) is 0 Å². The number of nitrogens with zero attached hydrogens (tertiary/aromatic N) is 3. The molecule has 1 aromatic heterocycles. The van der Waals surface area contributed by atoms with E-state index in [1.165, 1.54) is 4.90 Å². The van der Waals surface area contributed by atoms with Gasteiger partial charge in [0.25, 0.3) is 5.91 Å². The zero-order valence-corrected chi connectivity index (χ0v) is 12.6. The molecular weight excluding hydrogens is 272 g/mol. The largest absolute Gasteiger partial charge is 0.388 e. The van der Waals surface area contributed by atoms with Crippen LogP contribution >= 0.6 is 0 Å². The van der Waals surface area contributed by atoms with Gasteiger partial charge in [-0.25, -0.2) is 9.97 Å². The Morgan fingerprint density at radius 1 is 1.43 bits per heavy atom. The maximum atomic E-state index is 12.6. The number of hydrogen-bond donors (Lipinski definition) is 3. The van der Waals surface area contributed by atoms with Crippen LogP contribution in [0.4, 0.5) is 5.69 Å². The van der Waals surface area contributed by atoms with Crippen molar-refractivity contribution in [2.75, 3.05) is 25.0 Å². The first-order valence-corrected chi connectivity index (χ1v) is 7.20. The molecule has 1 aliphatic heterocycles. The fourth-order valence-electron chi connectivity index (χ4n) is 2.24. The molecule has 116 valence electrons. The van der Waals surface area contributed by atoms with Crippen LogP contribution < -0.4 is 5.32 Å². The second-order valence-electron chi connectivity index (χ2n) is 5.52. The monoisotopic (exact) mass is 294 g/mol. The minimum absolute atomic E-state index is 0.113. The number of aliphatic hydroxyl groups excluding tert-OH is 2. The minimum Gasteiger partial charge on any atom is -0.388 e. The zero-order valence-electron chi connectivity index (χ0n) is 12.6. The molecular formula is C14H22N4O3. The second kappa shape index (κ2) is 6.36. The second-order valence-corrected chi connectivity index (χ2v) is 5.52. The molecule has 0 saturated carbocycles. The van der Waals surface area contributed by atoms with Gasteiger partial charge >= 0.3 is 0 Å². The molecule has 0 spiro atoms. The Bertz CT molecular complexity index is 511. The molecule has 1 saturated heterocycles. The summed E-state index contributed by atoms with van der Waals surface area (Å²) in [6.07, 6.45) is -0.187. The number of likely N-dealkylation sites (tertiary alicyclic amines) is 1. The van der Waals surface area contributed by atoms with Crippen molar-refractivity contribution in [3.63, 3.8) is 0 Å². The van der Waals surface area contributed by atoms with E-state index in [0.29, 0.717) is 18.1 Å². The molecule has 0 radical (unpaired) electrons. The summed E-state index contributed by atoms with van der Waals surface area (Å²) >= 11 is 0. The van der Waals surface area contributed by atoms with Gasteiger partial charge in [0.05, 0.1) is 24.1 Å². The molecule has 1 fully saturated rings. The van der Waals surface area contributed by atoms with Crippen LogP contribution in [0.3, 0.4) is 0 Å². The van der Waals surface area contributed by atoms with E-state index in [4.69, 9.17) is 0 Å². The smallest absolute Gasteiger partial charge is 0.274 e. The summed E-state index contributed by atoms with van der Waals surface area (Å²) in [5.74, 6) is 0.410. The fraction of sp³-hybridized carbons (Fsp3) is 0.643. The van der Waals surface area contributed by atoms with Crippen LogP contribution in [-0.2, 0) is 0 Å². The van der Waals surface area contributed by atoms with E-state index in [2.05, 4.69) is 15.3 Å². The van der Waals surface area contributed by atoms with E-state index in [0.717, 1.165) is 0 Å². The van der Waals surface area contributed by atoms with Gasteiger partial charge in [0.1, 0.15) is 5.82 Å². The number of anilines is 1. The Hall–Kier alpha value is -1.73. The predicted octanol–water partition coefficient (Wildman–Crippen LogP) is 0.209. The van der Waals surface area contributed by atoms with Crippen molar-refractivity contribution in [3.8, 4) is 0 Å². The molecule has 7 heteroatoms. The van der Waals surface area contributed by atoms with Crippen molar-refractivity contribution >= 4 is 11.6 Å². The molecule has 3 N–H and O–H groups in total. The molecule has 0 aromatic carbocycles. The number of carbonyl (C=O) groups excluding carboxylic acids is 1. The Morgan fingerprint density at radius 2 is 2.05 bits per heavy atom. The van der Waals surface area contributed by atoms with Crippen molar-refractivity contribution in [1.82, 2.24) is 14.9 Å². The van der Waals surface area contributed by atoms with Gasteiger partial charge in [0.2, 0.25) is 0 Å². The molecule has 2 atom stereocenters. The highest BCUT2D eigenvalue weighted by Gasteiger charge is 2.34. The van der Waals surface area contributed by atoms with Gasteiger partial charge in [-0.15, -0.1) is 0 Å². The van der Waals surface area contributed by atoms with Gasteiger partial charge in [0.15, 0.2) is 5.69 Å². The molecule has 2 heterocycles. The third-order valence-corrected chi connectivity index (χ3v) is 3.44. The molecule has 1 aromatic rings. The van der Waals surface area contributed by atoms with E-state index < -0.39 is 12.2 Å². The summed E-state index contributed by atoms with van der Waals surface area (Å²) in [6, 6.07) is 0. The maximum absolute atomic E-state index is 12.6. The summed E-state index contributed by atoms with van der Waals surface area (Å²) in [5, 5.41) is 22.2. The highest BCUT2D eigenvalue weighted by molar-refractivity contribution is 5.97. The van der Waals surface area contributed by atoms with Crippen molar-refractivity contribution in [2.24, 2.45) is 0 Å². The van der Waals surface area contributed by atoms with E-state index in [1.54, 1.807) is 6.20 Å². The normalized spacial score (nSPS) is 21.9. The molecule has 1 aliphatic rings. The number of carbonyl (C=O) groups is 1. The first-order valence-electron chi connectivity index (χ1n) is 7.20. The first kappa shape index (κ1) is 15.7. The van der Waals surface area contributed by atoms with Crippen molar-refractivity contribution < 1.29 is 15.0 Å². The molecule has 0 bridgehead atoms. The number of amides is 1. The lowest BCUT2D eigenvalue weighted by Gasteiger charge is -2.18. The molecule has 21 heavy (non-hydrogen) atoms. The summed E-state index contributed by atoms with van der Waals surface area (Å²) in [6.45, 7) is 6.73. The lowest BCUT2D eigenvalue weighted by Crippen LogP contribution is -2.31. The van der Waals surface area contributed by atoms with Gasteiger partial charge in [-0.3, -0.25) is 4.79 Å². The predicted molar refractivity (Wildman–Crippen MR) is 78.2 cm³/mol. The third kappa shape index (κ3) is 3.30. The highest BCUT2D eigenvalue weighted by Crippen LogP contribution is 2.20. The van der Waals surface area contributed by atoms with Gasteiger partial charge < -0.3 is 20.4 Å². The number of nitrogens with one attached hydrogen (secondary N) is 1. The Balaban J connectivity index is 2.31. The van der Waals surface area contributed by atoms with Gasteiger partial charge in [-0.05, 0) is 6.92 Å². The summed E-state index contributed by atoms with van der Waals surface area (Å²) in [4.78, 5) is 22.6. The van der Waals surface area contributed by atoms with E-state index in [9.17, 15) is 15.0 Å². The van der Waals surface area contributed by atoms with Crippen molar-refractivity contribution in [2.45, 2.75) is 38.9 Å². The number of β-amino-alcohol motifs (C(OH)–C–C–N with tert-alkyl or cyclic N) is 2. The summed E-state index contributed by atoms with van der Waals surface area (Å²) in [7, 11) is 0. The van der Waals surface area contributed by atoms with Gasteiger partial charge in [-0.2, -0.15) is 0 Å².